The minimum absolute atomic E-state index is 0.0319. The Hall–Kier alpha value is -1.91. The minimum Gasteiger partial charge on any atom is -0.369 e. The van der Waals surface area contributed by atoms with Gasteiger partial charge in [-0.05, 0) is 12.5 Å². The van der Waals surface area contributed by atoms with Crippen LogP contribution < -0.4 is 5.73 Å². The van der Waals surface area contributed by atoms with Gasteiger partial charge in [0.2, 0.25) is 5.91 Å². The number of rotatable bonds is 3. The van der Waals surface area contributed by atoms with Gasteiger partial charge in [-0.15, -0.1) is 0 Å². The van der Waals surface area contributed by atoms with E-state index in [0.717, 1.165) is 0 Å². The number of nitro groups is 1. The summed E-state index contributed by atoms with van der Waals surface area (Å²) in [6, 6.07) is 5.90. The zero-order chi connectivity index (χ0) is 10.7. The van der Waals surface area contributed by atoms with Crippen molar-refractivity contribution < 1.29 is 9.72 Å². The van der Waals surface area contributed by atoms with E-state index in [2.05, 4.69) is 0 Å². The highest BCUT2D eigenvalue weighted by Crippen LogP contribution is 2.19. The Morgan fingerprint density at radius 3 is 2.71 bits per heavy atom. The number of benzene rings is 1. The molecule has 0 radical (unpaired) electrons. The van der Waals surface area contributed by atoms with Crippen molar-refractivity contribution in [2.75, 3.05) is 0 Å². The fraction of sp³-hybridized carbons (Fsp3) is 0.222. The molecular formula is C9H10N2O3. The molecule has 0 aliphatic heterocycles. The van der Waals surface area contributed by atoms with Crippen molar-refractivity contribution in [3.63, 3.8) is 0 Å². The topological polar surface area (TPSA) is 86.2 Å². The molecule has 5 nitrogen and oxygen atoms in total. The van der Waals surface area contributed by atoms with E-state index < -0.39 is 16.7 Å². The molecule has 0 saturated heterocycles. The van der Waals surface area contributed by atoms with Gasteiger partial charge in [-0.1, -0.05) is 12.1 Å². The molecule has 0 spiro atoms. The van der Waals surface area contributed by atoms with E-state index in [-0.39, 0.29) is 5.69 Å². The van der Waals surface area contributed by atoms with Crippen LogP contribution in [0.4, 0.5) is 5.69 Å². The number of nitrogens with two attached hydrogens (primary N) is 1. The lowest BCUT2D eigenvalue weighted by Crippen LogP contribution is -2.18. The molecule has 0 unspecified atom stereocenters. The first-order valence-corrected chi connectivity index (χ1v) is 4.06. The average Bonchev–Trinajstić information content (AvgIpc) is 2.16. The minimum atomic E-state index is -0.505. The van der Waals surface area contributed by atoms with E-state index in [9.17, 15) is 14.9 Å². The van der Waals surface area contributed by atoms with Crippen LogP contribution in [0.15, 0.2) is 24.3 Å². The second-order valence-corrected chi connectivity index (χ2v) is 2.98. The highest BCUT2D eigenvalue weighted by Gasteiger charge is 2.14. The third kappa shape index (κ3) is 2.07. The molecule has 0 bridgehead atoms. The first-order chi connectivity index (χ1) is 6.52. The highest BCUT2D eigenvalue weighted by molar-refractivity contribution is 5.81. The van der Waals surface area contributed by atoms with Crippen LogP contribution in [0.1, 0.15) is 18.4 Å². The maximum atomic E-state index is 10.8. The Kier molecular flexibility index (Phi) is 2.81. The van der Waals surface area contributed by atoms with E-state index in [1.807, 2.05) is 0 Å². The summed E-state index contributed by atoms with van der Waals surface area (Å²) in [6.45, 7) is 1.61. The van der Waals surface area contributed by atoms with Gasteiger partial charge in [-0.25, -0.2) is 0 Å². The van der Waals surface area contributed by atoms with Crippen LogP contribution in [0, 0.1) is 10.1 Å². The maximum Gasteiger partial charge on any atom is 0.269 e. The molecule has 74 valence electrons. The van der Waals surface area contributed by atoms with Crippen LogP contribution in [-0.2, 0) is 4.79 Å². The largest absolute Gasteiger partial charge is 0.369 e. The maximum absolute atomic E-state index is 10.8. The van der Waals surface area contributed by atoms with Gasteiger partial charge in [-0.3, -0.25) is 14.9 Å². The number of primary amides is 1. The van der Waals surface area contributed by atoms with Gasteiger partial charge in [-0.2, -0.15) is 0 Å². The average molecular weight is 194 g/mol. The molecule has 1 amide bonds. The number of amides is 1. The fourth-order valence-corrected chi connectivity index (χ4v) is 1.07. The van der Waals surface area contributed by atoms with Crippen molar-refractivity contribution >= 4 is 11.6 Å². The van der Waals surface area contributed by atoms with Crippen LogP contribution in [0.2, 0.25) is 0 Å². The van der Waals surface area contributed by atoms with E-state index in [1.165, 1.54) is 18.2 Å². The van der Waals surface area contributed by atoms with Crippen LogP contribution in [-0.4, -0.2) is 10.8 Å². The van der Waals surface area contributed by atoms with Gasteiger partial charge in [0.15, 0.2) is 0 Å². The molecule has 5 heteroatoms. The summed E-state index contributed by atoms with van der Waals surface area (Å²) in [7, 11) is 0. The number of non-ortho nitro benzene ring substituents is 1. The standard InChI is InChI=1S/C9H10N2O3/c1-6(9(10)12)7-3-2-4-8(5-7)11(13)14/h2-6H,1H3,(H2,10,12)/t6-/m0/s1. The Labute approximate surface area is 80.7 Å². The van der Waals surface area contributed by atoms with Crippen LogP contribution in [0.25, 0.3) is 0 Å². The lowest BCUT2D eigenvalue weighted by Gasteiger charge is -2.06. The predicted molar refractivity (Wildman–Crippen MR) is 50.7 cm³/mol. The number of nitrogens with zero attached hydrogens (tertiary/aromatic N) is 1. The van der Waals surface area contributed by atoms with E-state index in [0.29, 0.717) is 5.56 Å². The molecule has 1 aromatic rings. The highest BCUT2D eigenvalue weighted by atomic mass is 16.6. The number of hydrogen-bond donors (Lipinski definition) is 1. The molecule has 14 heavy (non-hydrogen) atoms. The number of carbonyl (C=O) groups is 1. The second-order valence-electron chi connectivity index (χ2n) is 2.98. The van der Waals surface area contributed by atoms with E-state index in [4.69, 9.17) is 5.73 Å². The predicted octanol–water partition coefficient (Wildman–Crippen LogP) is 1.18. The molecule has 2 N–H and O–H groups in total. The fourth-order valence-electron chi connectivity index (χ4n) is 1.07. The van der Waals surface area contributed by atoms with Crippen molar-refractivity contribution in [3.05, 3.63) is 39.9 Å². The summed E-state index contributed by atoms with van der Waals surface area (Å²) in [5.41, 5.74) is 5.62. The third-order valence-corrected chi connectivity index (χ3v) is 2.01. The van der Waals surface area contributed by atoms with Crippen molar-refractivity contribution in [1.29, 1.82) is 0 Å². The quantitative estimate of drug-likeness (QED) is 0.579. The lowest BCUT2D eigenvalue weighted by atomic mass is 10.0. The van der Waals surface area contributed by atoms with Crippen molar-refractivity contribution in [3.8, 4) is 0 Å². The van der Waals surface area contributed by atoms with Gasteiger partial charge in [0.25, 0.3) is 5.69 Å². The molecule has 1 rings (SSSR count). The van der Waals surface area contributed by atoms with Crippen LogP contribution in [0.5, 0.6) is 0 Å². The monoisotopic (exact) mass is 194 g/mol. The first-order valence-electron chi connectivity index (χ1n) is 4.06. The van der Waals surface area contributed by atoms with Gasteiger partial charge >= 0.3 is 0 Å². The molecule has 0 aliphatic rings. The normalized spacial score (nSPS) is 12.1. The Bertz CT molecular complexity index is 376. The molecule has 0 heterocycles. The van der Waals surface area contributed by atoms with Gasteiger partial charge in [0, 0.05) is 12.1 Å². The summed E-state index contributed by atoms with van der Waals surface area (Å²) in [5.74, 6) is -1.000. The second kappa shape index (κ2) is 3.87. The van der Waals surface area contributed by atoms with Crippen molar-refractivity contribution in [1.82, 2.24) is 0 Å². The van der Waals surface area contributed by atoms with Gasteiger partial charge < -0.3 is 5.73 Å². The smallest absolute Gasteiger partial charge is 0.269 e. The molecule has 0 aromatic heterocycles. The number of nitro benzene ring substituents is 1. The molecule has 0 saturated carbocycles. The summed E-state index contributed by atoms with van der Waals surface area (Å²) in [6.07, 6.45) is 0. The van der Waals surface area contributed by atoms with Crippen LogP contribution in [0.3, 0.4) is 0 Å². The zero-order valence-corrected chi connectivity index (χ0v) is 7.64. The number of hydrogen-bond acceptors (Lipinski definition) is 3. The molecule has 0 aliphatic carbocycles. The molecule has 1 aromatic carbocycles. The van der Waals surface area contributed by atoms with Gasteiger partial charge in [0.1, 0.15) is 0 Å². The van der Waals surface area contributed by atoms with E-state index >= 15 is 0 Å². The van der Waals surface area contributed by atoms with Crippen molar-refractivity contribution in [2.45, 2.75) is 12.8 Å². The SMILES string of the molecule is C[C@H](C(N)=O)c1cccc([N+](=O)[O-])c1. The van der Waals surface area contributed by atoms with E-state index in [1.54, 1.807) is 13.0 Å². The summed E-state index contributed by atoms with van der Waals surface area (Å²) in [4.78, 5) is 20.8. The Morgan fingerprint density at radius 1 is 1.57 bits per heavy atom. The molecular weight excluding hydrogens is 184 g/mol. The zero-order valence-electron chi connectivity index (χ0n) is 7.64. The lowest BCUT2D eigenvalue weighted by molar-refractivity contribution is -0.384. The molecule has 1 atom stereocenters. The van der Waals surface area contributed by atoms with Gasteiger partial charge in [0.05, 0.1) is 10.8 Å². The van der Waals surface area contributed by atoms with Crippen molar-refractivity contribution in [2.24, 2.45) is 5.73 Å². The summed E-state index contributed by atoms with van der Waals surface area (Å²) in [5, 5.41) is 10.4. The molecule has 0 fully saturated rings. The summed E-state index contributed by atoms with van der Waals surface area (Å²) < 4.78 is 0. The first kappa shape index (κ1) is 10.2. The Balaban J connectivity index is 3.05. The number of carbonyl (C=O) groups excluding carboxylic acids is 1. The summed E-state index contributed by atoms with van der Waals surface area (Å²) >= 11 is 0. The van der Waals surface area contributed by atoms with Crippen LogP contribution >= 0.6 is 0 Å². The Morgan fingerprint density at radius 2 is 2.21 bits per heavy atom. The third-order valence-electron chi connectivity index (χ3n) is 2.01.